The van der Waals surface area contributed by atoms with E-state index in [2.05, 4.69) is 0 Å². The van der Waals surface area contributed by atoms with Crippen LogP contribution in [0.4, 0.5) is 0 Å². The van der Waals surface area contributed by atoms with Crippen molar-refractivity contribution in [3.63, 3.8) is 0 Å². The summed E-state index contributed by atoms with van der Waals surface area (Å²) < 4.78 is 36.9. The second-order valence-corrected chi connectivity index (χ2v) is 5.43. The highest BCUT2D eigenvalue weighted by molar-refractivity contribution is 5.69. The molecule has 0 bridgehead atoms. The smallest absolute Gasteiger partial charge is 0.305 e. The van der Waals surface area contributed by atoms with E-state index in [4.69, 9.17) is 38.9 Å². The van der Waals surface area contributed by atoms with E-state index in [1.165, 1.54) is 0 Å². The molecule has 0 spiro atoms. The third kappa shape index (κ3) is 23.2. The van der Waals surface area contributed by atoms with E-state index in [9.17, 15) is 4.79 Å². The number of nitrogens with two attached hydrogens (primary N) is 1. The highest BCUT2D eigenvalue weighted by Crippen LogP contribution is 1.91. The Bertz CT molecular complexity index is 307. The molecule has 0 heterocycles. The number of ether oxygens (including phenoxy) is 7. The normalized spacial score (nSPS) is 11.0. The van der Waals surface area contributed by atoms with E-state index < -0.39 is 0 Å². The number of rotatable bonds is 22. The minimum absolute atomic E-state index is 0.182. The van der Waals surface area contributed by atoms with Gasteiger partial charge in [0.2, 0.25) is 0 Å². The summed E-state index contributed by atoms with van der Waals surface area (Å²) in [6, 6.07) is 0. The van der Waals surface area contributed by atoms with Crippen molar-refractivity contribution in [2.45, 2.75) is 19.8 Å². The zero-order chi connectivity index (χ0) is 19.8. The Kier molecular flexibility index (Phi) is 22.5. The minimum atomic E-state index is -0.182. The topological polar surface area (TPSA) is 108 Å². The van der Waals surface area contributed by atoms with Crippen molar-refractivity contribution < 1.29 is 38.0 Å². The van der Waals surface area contributed by atoms with Crippen LogP contribution in [0.3, 0.4) is 0 Å². The Morgan fingerprint density at radius 2 is 0.926 bits per heavy atom. The lowest BCUT2D eigenvalue weighted by Crippen LogP contribution is -2.15. The van der Waals surface area contributed by atoms with Gasteiger partial charge >= 0.3 is 5.97 Å². The van der Waals surface area contributed by atoms with Crippen molar-refractivity contribution in [1.82, 2.24) is 0 Å². The van der Waals surface area contributed by atoms with E-state index in [0.29, 0.717) is 92.2 Å². The van der Waals surface area contributed by atoms with Gasteiger partial charge in [-0.2, -0.15) is 0 Å². The molecular formula is C18H37NO8. The summed E-state index contributed by atoms with van der Waals surface area (Å²) in [6.07, 6.45) is 1.24. The molecule has 0 unspecified atom stereocenters. The third-order valence-corrected chi connectivity index (χ3v) is 3.07. The number of carbonyl (C=O) groups excluding carboxylic acids is 1. The molecule has 0 saturated carbocycles. The van der Waals surface area contributed by atoms with Crippen LogP contribution < -0.4 is 5.73 Å². The van der Waals surface area contributed by atoms with Crippen molar-refractivity contribution in [3.8, 4) is 0 Å². The molecule has 0 aromatic rings. The first-order valence-corrected chi connectivity index (χ1v) is 9.63. The molecule has 0 fully saturated rings. The van der Waals surface area contributed by atoms with E-state index >= 15 is 0 Å². The number of hydrogen-bond acceptors (Lipinski definition) is 9. The zero-order valence-corrected chi connectivity index (χ0v) is 16.7. The van der Waals surface area contributed by atoms with Gasteiger partial charge in [0.25, 0.3) is 0 Å². The van der Waals surface area contributed by atoms with Crippen LogP contribution in [0.15, 0.2) is 0 Å². The molecule has 9 heteroatoms. The predicted molar refractivity (Wildman–Crippen MR) is 99.8 cm³/mol. The van der Waals surface area contributed by atoms with Crippen LogP contribution in [0.2, 0.25) is 0 Å². The monoisotopic (exact) mass is 395 g/mol. The molecule has 0 rings (SSSR count). The number of carbonyl (C=O) groups is 1. The lowest BCUT2D eigenvalue weighted by atomic mass is 10.3. The molecule has 0 amide bonds. The van der Waals surface area contributed by atoms with Crippen molar-refractivity contribution in [1.29, 1.82) is 0 Å². The average Bonchev–Trinajstić information content (AvgIpc) is 2.66. The summed E-state index contributed by atoms with van der Waals surface area (Å²) in [5.41, 5.74) is 5.30. The minimum Gasteiger partial charge on any atom is -0.463 e. The number of esters is 1. The summed E-state index contributed by atoms with van der Waals surface area (Å²) in [7, 11) is 0. The highest BCUT2D eigenvalue weighted by atomic mass is 16.6. The van der Waals surface area contributed by atoms with Crippen molar-refractivity contribution in [3.05, 3.63) is 0 Å². The lowest BCUT2D eigenvalue weighted by Gasteiger charge is -2.08. The largest absolute Gasteiger partial charge is 0.463 e. The fourth-order valence-electron chi connectivity index (χ4n) is 1.78. The van der Waals surface area contributed by atoms with Gasteiger partial charge in [-0.1, -0.05) is 6.92 Å². The van der Waals surface area contributed by atoms with Gasteiger partial charge in [0.05, 0.1) is 79.3 Å². The van der Waals surface area contributed by atoms with Crippen LogP contribution in [0.5, 0.6) is 0 Å². The second kappa shape index (κ2) is 23.2. The molecule has 9 nitrogen and oxygen atoms in total. The molecule has 2 N–H and O–H groups in total. The first-order chi connectivity index (χ1) is 13.3. The average molecular weight is 395 g/mol. The Morgan fingerprint density at radius 3 is 1.26 bits per heavy atom. The lowest BCUT2D eigenvalue weighted by molar-refractivity contribution is -0.145. The molecule has 0 aliphatic carbocycles. The summed E-state index contributed by atoms with van der Waals surface area (Å²) in [5, 5.41) is 0. The molecule has 162 valence electrons. The van der Waals surface area contributed by atoms with Crippen molar-refractivity contribution >= 4 is 5.97 Å². The predicted octanol–water partition coefficient (Wildman–Crippen LogP) is 0.388. The highest BCUT2D eigenvalue weighted by Gasteiger charge is 1.99. The maximum absolute atomic E-state index is 11.1. The van der Waals surface area contributed by atoms with E-state index in [1.54, 1.807) is 0 Å². The third-order valence-electron chi connectivity index (χ3n) is 3.07. The van der Waals surface area contributed by atoms with E-state index in [0.717, 1.165) is 6.42 Å². The standard InChI is InChI=1S/C18H37NO8/c1-2-3-18(20)27-17-16-26-15-14-25-13-12-24-11-10-23-9-8-22-7-6-21-5-4-19/h2-17,19H2,1H3. The van der Waals surface area contributed by atoms with Gasteiger partial charge in [-0.15, -0.1) is 0 Å². The van der Waals surface area contributed by atoms with Gasteiger partial charge in [0, 0.05) is 13.0 Å². The zero-order valence-electron chi connectivity index (χ0n) is 16.7. The maximum atomic E-state index is 11.1. The quantitative estimate of drug-likeness (QED) is 0.206. The van der Waals surface area contributed by atoms with E-state index in [-0.39, 0.29) is 12.6 Å². The SMILES string of the molecule is CCCC(=O)OCCOCCOCCOCCOCCOCCOCCN. The van der Waals surface area contributed by atoms with Crippen LogP contribution in [-0.4, -0.2) is 98.4 Å². The molecule has 0 atom stereocenters. The van der Waals surface area contributed by atoms with Crippen LogP contribution >= 0.6 is 0 Å². The first kappa shape index (κ1) is 26.2. The van der Waals surface area contributed by atoms with Gasteiger partial charge in [-0.3, -0.25) is 4.79 Å². The Morgan fingerprint density at radius 1 is 0.593 bits per heavy atom. The van der Waals surface area contributed by atoms with Crippen LogP contribution in [0.1, 0.15) is 19.8 Å². The first-order valence-electron chi connectivity index (χ1n) is 9.63. The Labute approximate surface area is 162 Å². The number of hydrogen-bond donors (Lipinski definition) is 1. The maximum Gasteiger partial charge on any atom is 0.305 e. The van der Waals surface area contributed by atoms with Gasteiger partial charge in [-0.05, 0) is 6.42 Å². The van der Waals surface area contributed by atoms with E-state index in [1.807, 2.05) is 6.92 Å². The summed E-state index contributed by atoms with van der Waals surface area (Å²) in [6.45, 7) is 8.85. The Hall–Kier alpha value is -0.810. The molecule has 0 aromatic heterocycles. The van der Waals surface area contributed by atoms with Gasteiger partial charge < -0.3 is 38.9 Å². The summed E-state index contributed by atoms with van der Waals surface area (Å²) in [4.78, 5) is 11.1. The fourth-order valence-corrected chi connectivity index (χ4v) is 1.78. The molecule has 27 heavy (non-hydrogen) atoms. The summed E-state index contributed by atoms with van der Waals surface area (Å²) >= 11 is 0. The molecule has 0 radical (unpaired) electrons. The molecule has 0 saturated heterocycles. The van der Waals surface area contributed by atoms with Crippen molar-refractivity contribution in [2.75, 3.05) is 92.4 Å². The summed E-state index contributed by atoms with van der Waals surface area (Å²) in [5.74, 6) is -0.182. The molecule has 0 aliphatic rings. The van der Waals surface area contributed by atoms with Crippen LogP contribution in [-0.2, 0) is 38.0 Å². The van der Waals surface area contributed by atoms with Gasteiger partial charge in [-0.25, -0.2) is 0 Å². The fraction of sp³-hybridized carbons (Fsp3) is 0.944. The van der Waals surface area contributed by atoms with Crippen molar-refractivity contribution in [2.24, 2.45) is 5.73 Å². The second-order valence-electron chi connectivity index (χ2n) is 5.43. The van der Waals surface area contributed by atoms with Gasteiger partial charge in [0.15, 0.2) is 0 Å². The molecule has 0 aliphatic heterocycles. The van der Waals surface area contributed by atoms with Gasteiger partial charge in [0.1, 0.15) is 6.61 Å². The molecule has 0 aromatic carbocycles. The molecular weight excluding hydrogens is 358 g/mol. The van der Waals surface area contributed by atoms with Crippen LogP contribution in [0.25, 0.3) is 0 Å². The Balaban J connectivity index is 3.02. The van der Waals surface area contributed by atoms with Crippen LogP contribution in [0, 0.1) is 0 Å².